The second kappa shape index (κ2) is 5.16. The molecule has 0 aliphatic heterocycles. The third kappa shape index (κ3) is 2.04. The molecule has 2 aromatic rings. The molecule has 3 rings (SSSR count). The second-order valence-corrected chi connectivity index (χ2v) is 4.57. The van der Waals surface area contributed by atoms with Gasteiger partial charge in [-0.1, -0.05) is 48.5 Å². The molecule has 3 heteroatoms. The summed E-state index contributed by atoms with van der Waals surface area (Å²) in [6.45, 7) is 3.54. The zero-order valence-electron chi connectivity index (χ0n) is 10.9. The van der Waals surface area contributed by atoms with Crippen molar-refractivity contribution in [1.82, 2.24) is 0 Å². The third-order valence-corrected chi connectivity index (χ3v) is 3.51. The number of amides is 1. The lowest BCUT2D eigenvalue weighted by atomic mass is 9.98. The number of aliphatic imine (C=N–C) groups is 1. The number of fused-ring (bicyclic) bond motifs is 3. The molecule has 3 nitrogen and oxygen atoms in total. The van der Waals surface area contributed by atoms with Gasteiger partial charge >= 0.3 is 6.09 Å². The molecule has 0 aromatic heterocycles. The predicted octanol–water partition coefficient (Wildman–Crippen LogP) is 3.79. The lowest BCUT2D eigenvalue weighted by Gasteiger charge is -2.12. The van der Waals surface area contributed by atoms with E-state index in [1.54, 1.807) is 0 Å². The molecule has 0 unspecified atom stereocenters. The fraction of sp³-hybridized carbons (Fsp3) is 0.118. The molecule has 0 heterocycles. The van der Waals surface area contributed by atoms with E-state index in [9.17, 15) is 4.79 Å². The number of benzene rings is 2. The topological polar surface area (TPSA) is 38.7 Å². The molecular weight excluding hydrogens is 250 g/mol. The Kier molecular flexibility index (Phi) is 3.20. The van der Waals surface area contributed by atoms with E-state index in [-0.39, 0.29) is 12.5 Å². The van der Waals surface area contributed by atoms with E-state index >= 15 is 0 Å². The van der Waals surface area contributed by atoms with Crippen molar-refractivity contribution in [2.24, 2.45) is 4.99 Å². The van der Waals surface area contributed by atoms with Gasteiger partial charge in [0, 0.05) is 5.92 Å². The second-order valence-electron chi connectivity index (χ2n) is 4.57. The first-order chi connectivity index (χ1) is 9.81. The molecule has 0 bridgehead atoms. The van der Waals surface area contributed by atoms with Gasteiger partial charge in [-0.05, 0) is 34.7 Å². The summed E-state index contributed by atoms with van der Waals surface area (Å²) in [7, 11) is 0. The summed E-state index contributed by atoms with van der Waals surface area (Å²) < 4.78 is 5.17. The molecule has 0 fully saturated rings. The largest absolute Gasteiger partial charge is 0.446 e. The lowest BCUT2D eigenvalue weighted by Crippen LogP contribution is -2.09. The highest BCUT2D eigenvalue weighted by Gasteiger charge is 2.28. The van der Waals surface area contributed by atoms with E-state index < -0.39 is 6.09 Å². The van der Waals surface area contributed by atoms with Crippen LogP contribution in [0.15, 0.2) is 60.1 Å². The highest BCUT2D eigenvalue weighted by atomic mass is 16.5. The van der Waals surface area contributed by atoms with Crippen molar-refractivity contribution >= 4 is 12.0 Å². The van der Waals surface area contributed by atoms with E-state index in [0.29, 0.717) is 0 Å². The molecule has 1 amide bonds. The van der Waals surface area contributed by atoms with E-state index in [0.717, 1.165) is 0 Å². The SMILES string of the molecule is C=C=NC(=O)OCC1c2ccccc2-c2ccccc21. The van der Waals surface area contributed by atoms with Crippen molar-refractivity contribution in [2.45, 2.75) is 5.92 Å². The fourth-order valence-electron chi connectivity index (χ4n) is 2.69. The molecule has 0 N–H and O–H groups in total. The zero-order valence-corrected chi connectivity index (χ0v) is 10.9. The number of hydrogen-bond donors (Lipinski definition) is 0. The maximum absolute atomic E-state index is 11.3. The van der Waals surface area contributed by atoms with Gasteiger partial charge in [0.2, 0.25) is 0 Å². The van der Waals surface area contributed by atoms with Gasteiger partial charge in [0.25, 0.3) is 0 Å². The number of nitrogens with zero attached hydrogens (tertiary/aromatic N) is 1. The van der Waals surface area contributed by atoms with Gasteiger partial charge in [-0.3, -0.25) is 0 Å². The smallest absolute Gasteiger partial charge is 0.441 e. The Bertz CT molecular complexity index is 669. The minimum Gasteiger partial charge on any atom is -0.446 e. The Hall–Kier alpha value is -2.64. The first-order valence-corrected chi connectivity index (χ1v) is 6.39. The molecule has 0 radical (unpaired) electrons. The van der Waals surface area contributed by atoms with Crippen LogP contribution in [-0.4, -0.2) is 18.6 Å². The Balaban J connectivity index is 1.95. The number of carbonyl (C=O) groups excluding carboxylic acids is 1. The standard InChI is InChI=1S/C17H13NO2/c1-2-18-17(19)20-11-16-14-9-5-3-7-12(14)13-8-4-6-10-15(13)16/h3-10,16H,1,11H2. The van der Waals surface area contributed by atoms with E-state index in [2.05, 4.69) is 41.7 Å². The number of carbonyl (C=O) groups is 1. The van der Waals surface area contributed by atoms with Gasteiger partial charge in [0.05, 0.1) is 0 Å². The summed E-state index contributed by atoms with van der Waals surface area (Å²) in [5.74, 6) is 2.24. The highest BCUT2D eigenvalue weighted by molar-refractivity contribution is 5.79. The van der Waals surface area contributed by atoms with Crippen LogP contribution in [0.2, 0.25) is 0 Å². The molecule has 0 saturated carbocycles. The maximum atomic E-state index is 11.3. The predicted molar refractivity (Wildman–Crippen MR) is 78.1 cm³/mol. The Morgan fingerprint density at radius 2 is 1.65 bits per heavy atom. The average Bonchev–Trinajstić information content (AvgIpc) is 2.80. The molecule has 98 valence electrons. The average molecular weight is 263 g/mol. The molecule has 2 aromatic carbocycles. The van der Waals surface area contributed by atoms with Crippen LogP contribution in [0.4, 0.5) is 4.79 Å². The van der Waals surface area contributed by atoms with Crippen LogP contribution in [0.5, 0.6) is 0 Å². The van der Waals surface area contributed by atoms with Crippen LogP contribution in [-0.2, 0) is 4.74 Å². The van der Waals surface area contributed by atoms with Gasteiger partial charge < -0.3 is 4.74 Å². The molecule has 1 aliphatic rings. The number of hydrogen-bond acceptors (Lipinski definition) is 2. The van der Waals surface area contributed by atoms with Crippen molar-refractivity contribution in [2.75, 3.05) is 6.61 Å². The fourth-order valence-corrected chi connectivity index (χ4v) is 2.69. The molecule has 0 atom stereocenters. The highest BCUT2D eigenvalue weighted by Crippen LogP contribution is 2.44. The van der Waals surface area contributed by atoms with Gasteiger partial charge in [-0.2, -0.15) is 0 Å². The van der Waals surface area contributed by atoms with Crippen molar-refractivity contribution in [3.8, 4) is 11.1 Å². The minimum absolute atomic E-state index is 0.0614. The summed E-state index contributed by atoms with van der Waals surface area (Å²) in [5, 5.41) is 0. The van der Waals surface area contributed by atoms with Crippen LogP contribution in [0, 0.1) is 0 Å². The Morgan fingerprint density at radius 1 is 1.10 bits per heavy atom. The van der Waals surface area contributed by atoms with Crippen LogP contribution >= 0.6 is 0 Å². The summed E-state index contributed by atoms with van der Waals surface area (Å²) in [6.07, 6.45) is -0.651. The number of ether oxygens (including phenoxy) is 1. The quantitative estimate of drug-likeness (QED) is 0.773. The molecular formula is C17H13NO2. The van der Waals surface area contributed by atoms with Crippen LogP contribution in [0.3, 0.4) is 0 Å². The zero-order chi connectivity index (χ0) is 13.9. The van der Waals surface area contributed by atoms with E-state index in [4.69, 9.17) is 4.74 Å². The van der Waals surface area contributed by atoms with Gasteiger partial charge in [0.1, 0.15) is 6.61 Å². The maximum Gasteiger partial charge on any atom is 0.441 e. The molecule has 0 spiro atoms. The van der Waals surface area contributed by atoms with Crippen molar-refractivity contribution in [3.63, 3.8) is 0 Å². The molecule has 20 heavy (non-hydrogen) atoms. The van der Waals surface area contributed by atoms with Crippen LogP contribution in [0.25, 0.3) is 11.1 Å². The summed E-state index contributed by atoms with van der Waals surface area (Å²) >= 11 is 0. The first kappa shape index (κ1) is 12.4. The first-order valence-electron chi connectivity index (χ1n) is 6.39. The van der Waals surface area contributed by atoms with Gasteiger partial charge in [-0.25, -0.2) is 4.79 Å². The monoisotopic (exact) mass is 263 g/mol. The third-order valence-electron chi connectivity index (χ3n) is 3.51. The summed E-state index contributed by atoms with van der Waals surface area (Å²) in [6, 6.07) is 16.4. The Morgan fingerprint density at radius 3 is 2.20 bits per heavy atom. The van der Waals surface area contributed by atoms with E-state index in [1.165, 1.54) is 22.3 Å². The lowest BCUT2D eigenvalue weighted by molar-refractivity contribution is 0.154. The van der Waals surface area contributed by atoms with Crippen molar-refractivity contribution in [3.05, 3.63) is 66.2 Å². The van der Waals surface area contributed by atoms with Crippen molar-refractivity contribution < 1.29 is 9.53 Å². The van der Waals surface area contributed by atoms with E-state index in [1.807, 2.05) is 24.3 Å². The summed E-state index contributed by atoms with van der Waals surface area (Å²) in [5.41, 5.74) is 4.78. The number of rotatable bonds is 2. The summed E-state index contributed by atoms with van der Waals surface area (Å²) in [4.78, 5) is 14.7. The molecule has 0 saturated heterocycles. The Labute approximate surface area is 117 Å². The normalized spacial score (nSPS) is 12.2. The van der Waals surface area contributed by atoms with Gasteiger partial charge in [0.15, 0.2) is 0 Å². The van der Waals surface area contributed by atoms with Crippen LogP contribution in [0.1, 0.15) is 17.0 Å². The molecule has 1 aliphatic carbocycles. The minimum atomic E-state index is -0.651. The van der Waals surface area contributed by atoms with Gasteiger partial charge in [-0.15, -0.1) is 4.99 Å². The van der Waals surface area contributed by atoms with Crippen LogP contribution < -0.4 is 0 Å². The van der Waals surface area contributed by atoms with Crippen molar-refractivity contribution in [1.29, 1.82) is 0 Å².